The van der Waals surface area contributed by atoms with Crippen LogP contribution >= 0.6 is 0 Å². The fourth-order valence-corrected chi connectivity index (χ4v) is 1.58. The Morgan fingerprint density at radius 3 is 2.76 bits per heavy atom. The van der Waals surface area contributed by atoms with E-state index in [2.05, 4.69) is 4.98 Å². The number of fused-ring (bicyclic) bond motifs is 1. The molecular weight excluding hydrogens is 216 g/mol. The Hall–Kier alpha value is -2.10. The number of esters is 1. The van der Waals surface area contributed by atoms with Crippen LogP contribution in [0.4, 0.5) is 5.69 Å². The summed E-state index contributed by atoms with van der Waals surface area (Å²) >= 11 is 0. The van der Waals surface area contributed by atoms with Crippen LogP contribution in [0.2, 0.25) is 0 Å². The quantitative estimate of drug-likeness (QED) is 0.804. The molecule has 0 spiro atoms. The lowest BCUT2D eigenvalue weighted by Gasteiger charge is -2.09. The summed E-state index contributed by atoms with van der Waals surface area (Å²) < 4.78 is 5.08. The second-order valence-electron chi connectivity index (χ2n) is 4.07. The van der Waals surface area contributed by atoms with E-state index in [1.54, 1.807) is 19.9 Å². The molecule has 0 saturated heterocycles. The van der Waals surface area contributed by atoms with Crippen molar-refractivity contribution >= 4 is 22.6 Å². The highest BCUT2D eigenvalue weighted by molar-refractivity contribution is 5.96. The number of ether oxygens (including phenoxy) is 1. The smallest absolute Gasteiger partial charge is 0.357 e. The van der Waals surface area contributed by atoms with Gasteiger partial charge in [0.05, 0.1) is 11.6 Å². The highest BCUT2D eigenvalue weighted by atomic mass is 16.5. The lowest BCUT2D eigenvalue weighted by molar-refractivity contribution is 0.0371. The number of nitrogens with two attached hydrogens (primary N) is 1. The van der Waals surface area contributed by atoms with Gasteiger partial charge in [-0.1, -0.05) is 18.2 Å². The Morgan fingerprint density at radius 2 is 2.06 bits per heavy atom. The van der Waals surface area contributed by atoms with Crippen molar-refractivity contribution in [3.8, 4) is 0 Å². The third-order valence-corrected chi connectivity index (χ3v) is 2.30. The maximum absolute atomic E-state index is 11.7. The number of aromatic nitrogens is 1. The van der Waals surface area contributed by atoms with Crippen LogP contribution in [-0.4, -0.2) is 17.1 Å². The van der Waals surface area contributed by atoms with Crippen molar-refractivity contribution in [3.05, 3.63) is 36.0 Å². The third kappa shape index (κ3) is 2.36. The Bertz CT molecular complexity index is 564. The minimum Gasteiger partial charge on any atom is -0.458 e. The standard InChI is InChI=1S/C13H14N2O2/c1-8(2)17-13(16)12-7-10(14)9-5-3-4-6-11(9)15-12/h3-8H,1-2H3,(H2,14,15). The summed E-state index contributed by atoms with van der Waals surface area (Å²) in [5.41, 5.74) is 7.35. The van der Waals surface area contributed by atoms with Gasteiger partial charge in [-0.3, -0.25) is 0 Å². The summed E-state index contributed by atoms with van der Waals surface area (Å²) in [5.74, 6) is -0.447. The first-order chi connectivity index (χ1) is 8.08. The van der Waals surface area contributed by atoms with Gasteiger partial charge < -0.3 is 10.5 Å². The highest BCUT2D eigenvalue weighted by Gasteiger charge is 2.13. The number of para-hydroxylation sites is 1. The molecule has 88 valence electrons. The summed E-state index contributed by atoms with van der Waals surface area (Å²) in [6.07, 6.45) is -0.169. The lowest BCUT2D eigenvalue weighted by atomic mass is 10.1. The molecule has 2 rings (SSSR count). The number of carbonyl (C=O) groups excluding carboxylic acids is 1. The molecule has 0 fully saturated rings. The van der Waals surface area contributed by atoms with E-state index in [9.17, 15) is 4.79 Å². The Balaban J connectivity index is 2.46. The van der Waals surface area contributed by atoms with E-state index >= 15 is 0 Å². The third-order valence-electron chi connectivity index (χ3n) is 2.30. The second kappa shape index (κ2) is 4.41. The van der Waals surface area contributed by atoms with E-state index in [-0.39, 0.29) is 11.8 Å². The van der Waals surface area contributed by atoms with E-state index in [1.807, 2.05) is 24.3 Å². The van der Waals surface area contributed by atoms with Crippen molar-refractivity contribution in [2.24, 2.45) is 0 Å². The molecule has 0 saturated carbocycles. The van der Waals surface area contributed by atoms with Crippen molar-refractivity contribution in [1.29, 1.82) is 0 Å². The normalized spacial score (nSPS) is 10.8. The SMILES string of the molecule is CC(C)OC(=O)c1cc(N)c2ccccc2n1. The number of nitrogens with zero attached hydrogens (tertiary/aromatic N) is 1. The zero-order valence-electron chi connectivity index (χ0n) is 9.81. The highest BCUT2D eigenvalue weighted by Crippen LogP contribution is 2.20. The Kier molecular flexibility index (Phi) is 2.95. The van der Waals surface area contributed by atoms with E-state index in [0.29, 0.717) is 11.2 Å². The first-order valence-electron chi connectivity index (χ1n) is 5.44. The maximum atomic E-state index is 11.7. The van der Waals surface area contributed by atoms with Crippen LogP contribution in [0.5, 0.6) is 0 Å². The molecule has 1 heterocycles. The molecule has 4 nitrogen and oxygen atoms in total. The average Bonchev–Trinajstić information content (AvgIpc) is 2.28. The number of pyridine rings is 1. The predicted molar refractivity (Wildman–Crippen MR) is 66.7 cm³/mol. The fraction of sp³-hybridized carbons (Fsp3) is 0.231. The molecule has 0 unspecified atom stereocenters. The van der Waals surface area contributed by atoms with Crippen LogP contribution < -0.4 is 5.73 Å². The van der Waals surface area contributed by atoms with Gasteiger partial charge in [-0.25, -0.2) is 9.78 Å². The molecule has 0 aliphatic heterocycles. The molecule has 4 heteroatoms. The first kappa shape index (κ1) is 11.4. The number of benzene rings is 1. The minimum absolute atomic E-state index is 0.169. The topological polar surface area (TPSA) is 65.2 Å². The summed E-state index contributed by atoms with van der Waals surface area (Å²) in [5, 5.41) is 0.841. The van der Waals surface area contributed by atoms with Gasteiger partial charge in [-0.2, -0.15) is 0 Å². The van der Waals surface area contributed by atoms with Crippen molar-refractivity contribution in [1.82, 2.24) is 4.98 Å². The van der Waals surface area contributed by atoms with Crippen molar-refractivity contribution in [2.45, 2.75) is 20.0 Å². The average molecular weight is 230 g/mol. The number of hydrogen-bond donors (Lipinski definition) is 1. The molecule has 0 radical (unpaired) electrons. The maximum Gasteiger partial charge on any atom is 0.357 e. The van der Waals surface area contributed by atoms with Crippen molar-refractivity contribution in [3.63, 3.8) is 0 Å². The summed E-state index contributed by atoms with van der Waals surface area (Å²) in [6, 6.07) is 8.97. The summed E-state index contributed by atoms with van der Waals surface area (Å²) in [7, 11) is 0. The number of nitrogen functional groups attached to an aromatic ring is 1. The zero-order chi connectivity index (χ0) is 12.4. The first-order valence-corrected chi connectivity index (χ1v) is 5.44. The molecule has 0 bridgehead atoms. The van der Waals surface area contributed by atoms with E-state index in [1.165, 1.54) is 0 Å². The van der Waals surface area contributed by atoms with Crippen LogP contribution in [0.25, 0.3) is 10.9 Å². The summed E-state index contributed by atoms with van der Waals surface area (Å²) in [4.78, 5) is 15.9. The zero-order valence-corrected chi connectivity index (χ0v) is 9.81. The van der Waals surface area contributed by atoms with Crippen LogP contribution in [-0.2, 0) is 4.74 Å². The number of hydrogen-bond acceptors (Lipinski definition) is 4. The van der Waals surface area contributed by atoms with Crippen molar-refractivity contribution in [2.75, 3.05) is 5.73 Å². The van der Waals surface area contributed by atoms with Gasteiger partial charge in [-0.15, -0.1) is 0 Å². The molecule has 0 atom stereocenters. The Morgan fingerprint density at radius 1 is 1.35 bits per heavy atom. The number of anilines is 1. The van der Waals surface area contributed by atoms with Gasteiger partial charge in [0.2, 0.25) is 0 Å². The Labute approximate surface area is 99.4 Å². The van der Waals surface area contributed by atoms with Gasteiger partial charge in [0.25, 0.3) is 0 Å². The van der Waals surface area contributed by atoms with E-state index < -0.39 is 5.97 Å². The molecule has 0 aliphatic carbocycles. The van der Waals surface area contributed by atoms with Gasteiger partial charge in [0, 0.05) is 11.1 Å². The molecule has 17 heavy (non-hydrogen) atoms. The molecule has 1 aromatic carbocycles. The van der Waals surface area contributed by atoms with Crippen molar-refractivity contribution < 1.29 is 9.53 Å². The predicted octanol–water partition coefficient (Wildman–Crippen LogP) is 2.38. The minimum atomic E-state index is -0.447. The number of carbonyl (C=O) groups is 1. The molecule has 0 amide bonds. The van der Waals surface area contributed by atoms with E-state index in [0.717, 1.165) is 5.39 Å². The van der Waals surface area contributed by atoms with Crippen LogP contribution in [0.15, 0.2) is 30.3 Å². The molecule has 2 aromatic rings. The van der Waals surface area contributed by atoms with Gasteiger partial charge in [0.1, 0.15) is 0 Å². The monoisotopic (exact) mass is 230 g/mol. The largest absolute Gasteiger partial charge is 0.458 e. The van der Waals surface area contributed by atoms with Crippen LogP contribution in [0.3, 0.4) is 0 Å². The van der Waals surface area contributed by atoms with Gasteiger partial charge in [-0.05, 0) is 26.0 Å². The molecular formula is C13H14N2O2. The molecule has 1 aromatic heterocycles. The number of rotatable bonds is 2. The van der Waals surface area contributed by atoms with E-state index in [4.69, 9.17) is 10.5 Å². The lowest BCUT2D eigenvalue weighted by Crippen LogP contribution is -2.13. The summed E-state index contributed by atoms with van der Waals surface area (Å²) in [6.45, 7) is 3.59. The van der Waals surface area contributed by atoms with Crippen LogP contribution in [0, 0.1) is 0 Å². The molecule has 2 N–H and O–H groups in total. The van der Waals surface area contributed by atoms with Crippen LogP contribution in [0.1, 0.15) is 24.3 Å². The van der Waals surface area contributed by atoms with Gasteiger partial charge >= 0.3 is 5.97 Å². The van der Waals surface area contributed by atoms with Gasteiger partial charge in [0.15, 0.2) is 5.69 Å². The second-order valence-corrected chi connectivity index (χ2v) is 4.07. The molecule has 0 aliphatic rings. The fourth-order valence-electron chi connectivity index (χ4n) is 1.58.